The second-order valence-corrected chi connectivity index (χ2v) is 3.66. The van der Waals surface area contributed by atoms with Gasteiger partial charge in [0.2, 0.25) is 0 Å². The van der Waals surface area contributed by atoms with Gasteiger partial charge in [-0.3, -0.25) is 0 Å². The summed E-state index contributed by atoms with van der Waals surface area (Å²) in [5.74, 6) is 1.83. The van der Waals surface area contributed by atoms with Crippen LogP contribution >= 0.6 is 0 Å². The molecule has 72 valence electrons. The first kappa shape index (κ1) is 8.78. The maximum absolute atomic E-state index is 5.65. The smallest absolute Gasteiger partial charge is 0.121 e. The van der Waals surface area contributed by atoms with Gasteiger partial charge in [0.1, 0.15) is 5.76 Å². The molecular weight excluding hydrogens is 164 g/mol. The van der Waals surface area contributed by atoms with Gasteiger partial charge in [0.25, 0.3) is 0 Å². The lowest BCUT2D eigenvalue weighted by Gasteiger charge is -2.13. The molecule has 1 aliphatic carbocycles. The Morgan fingerprint density at radius 2 is 2.46 bits per heavy atom. The summed E-state index contributed by atoms with van der Waals surface area (Å²) < 4.78 is 5.30. The van der Waals surface area contributed by atoms with Crippen molar-refractivity contribution in [3.63, 3.8) is 0 Å². The van der Waals surface area contributed by atoms with Gasteiger partial charge in [-0.15, -0.1) is 0 Å². The molecule has 3 heteroatoms. The number of furan rings is 1. The fourth-order valence-corrected chi connectivity index (χ4v) is 1.42. The van der Waals surface area contributed by atoms with E-state index in [1.54, 1.807) is 6.26 Å². The normalized spacial score (nSPS) is 18.8. The van der Waals surface area contributed by atoms with Gasteiger partial charge >= 0.3 is 0 Å². The number of nitrogens with two attached hydrogens (primary N) is 1. The van der Waals surface area contributed by atoms with E-state index in [0.29, 0.717) is 6.54 Å². The molecule has 3 N–H and O–H groups in total. The van der Waals surface area contributed by atoms with E-state index in [0.717, 1.165) is 18.2 Å². The van der Waals surface area contributed by atoms with E-state index in [1.165, 1.54) is 12.8 Å². The quantitative estimate of drug-likeness (QED) is 0.717. The van der Waals surface area contributed by atoms with E-state index in [9.17, 15) is 0 Å². The summed E-state index contributed by atoms with van der Waals surface area (Å²) >= 11 is 0. The standard InChI is InChI=1S/C10H16N2O/c11-6-9(10-2-1-5-13-10)12-7-8-3-4-8/h1-2,5,8-9,12H,3-4,6-7,11H2. The molecule has 1 saturated carbocycles. The third-order valence-electron chi connectivity index (χ3n) is 2.47. The van der Waals surface area contributed by atoms with Crippen LogP contribution < -0.4 is 11.1 Å². The van der Waals surface area contributed by atoms with Gasteiger partial charge < -0.3 is 15.5 Å². The summed E-state index contributed by atoms with van der Waals surface area (Å²) in [5.41, 5.74) is 5.65. The Kier molecular flexibility index (Phi) is 2.66. The van der Waals surface area contributed by atoms with E-state index in [1.807, 2.05) is 12.1 Å². The second-order valence-electron chi connectivity index (χ2n) is 3.66. The van der Waals surface area contributed by atoms with Crippen LogP contribution in [0.2, 0.25) is 0 Å². The maximum Gasteiger partial charge on any atom is 0.121 e. The van der Waals surface area contributed by atoms with Crippen molar-refractivity contribution in [3.05, 3.63) is 24.2 Å². The second kappa shape index (κ2) is 3.94. The number of nitrogens with one attached hydrogen (secondary N) is 1. The highest BCUT2D eigenvalue weighted by Gasteiger charge is 2.22. The fraction of sp³-hybridized carbons (Fsp3) is 0.600. The van der Waals surface area contributed by atoms with Crippen molar-refractivity contribution in [1.29, 1.82) is 0 Å². The third-order valence-corrected chi connectivity index (χ3v) is 2.47. The van der Waals surface area contributed by atoms with Crippen molar-refractivity contribution in [2.45, 2.75) is 18.9 Å². The van der Waals surface area contributed by atoms with Crippen molar-refractivity contribution in [2.75, 3.05) is 13.1 Å². The third kappa shape index (κ3) is 2.32. The predicted molar refractivity (Wildman–Crippen MR) is 51.2 cm³/mol. The zero-order chi connectivity index (χ0) is 9.10. The topological polar surface area (TPSA) is 51.2 Å². The maximum atomic E-state index is 5.65. The van der Waals surface area contributed by atoms with E-state index >= 15 is 0 Å². The molecule has 0 aliphatic heterocycles. The van der Waals surface area contributed by atoms with E-state index in [2.05, 4.69) is 5.32 Å². The summed E-state index contributed by atoms with van der Waals surface area (Å²) in [6.45, 7) is 1.67. The molecule has 1 aromatic rings. The molecule has 1 aromatic heterocycles. The summed E-state index contributed by atoms with van der Waals surface area (Å²) in [4.78, 5) is 0. The highest BCUT2D eigenvalue weighted by molar-refractivity contribution is 5.04. The molecule has 0 bridgehead atoms. The monoisotopic (exact) mass is 180 g/mol. The summed E-state index contributed by atoms with van der Waals surface area (Å²) in [5, 5.41) is 3.42. The van der Waals surface area contributed by atoms with Gasteiger partial charge in [-0.1, -0.05) is 0 Å². The van der Waals surface area contributed by atoms with Gasteiger partial charge in [0.15, 0.2) is 0 Å². The zero-order valence-corrected chi connectivity index (χ0v) is 7.70. The van der Waals surface area contributed by atoms with Crippen molar-refractivity contribution in [2.24, 2.45) is 11.7 Å². The molecule has 0 radical (unpaired) electrons. The van der Waals surface area contributed by atoms with E-state index in [4.69, 9.17) is 10.2 Å². The number of hydrogen-bond acceptors (Lipinski definition) is 3. The molecule has 13 heavy (non-hydrogen) atoms. The minimum Gasteiger partial charge on any atom is -0.468 e. The Hall–Kier alpha value is -0.800. The SMILES string of the molecule is NCC(NCC1CC1)c1ccco1. The molecule has 3 nitrogen and oxygen atoms in total. The van der Waals surface area contributed by atoms with Gasteiger partial charge in [0, 0.05) is 6.54 Å². The molecule has 0 amide bonds. The van der Waals surface area contributed by atoms with Gasteiger partial charge in [-0.25, -0.2) is 0 Å². The number of rotatable bonds is 5. The Labute approximate surface area is 78.3 Å². The van der Waals surface area contributed by atoms with Crippen molar-refractivity contribution < 1.29 is 4.42 Å². The molecule has 0 spiro atoms. The first-order valence-corrected chi connectivity index (χ1v) is 4.87. The lowest BCUT2D eigenvalue weighted by Crippen LogP contribution is -2.29. The predicted octanol–water partition coefficient (Wildman–Crippen LogP) is 1.28. The molecule has 1 unspecified atom stereocenters. The molecule has 1 heterocycles. The van der Waals surface area contributed by atoms with Crippen LogP contribution in [0.5, 0.6) is 0 Å². The van der Waals surface area contributed by atoms with Crippen molar-refractivity contribution in [1.82, 2.24) is 5.32 Å². The van der Waals surface area contributed by atoms with Gasteiger partial charge in [-0.2, -0.15) is 0 Å². The number of hydrogen-bond donors (Lipinski definition) is 2. The largest absolute Gasteiger partial charge is 0.468 e. The van der Waals surface area contributed by atoms with Crippen LogP contribution in [0.15, 0.2) is 22.8 Å². The fourth-order valence-electron chi connectivity index (χ4n) is 1.42. The van der Waals surface area contributed by atoms with Crippen LogP contribution in [0.3, 0.4) is 0 Å². The minimum absolute atomic E-state index is 0.190. The Balaban J connectivity index is 1.85. The van der Waals surface area contributed by atoms with Gasteiger partial charge in [-0.05, 0) is 37.4 Å². The molecule has 1 atom stereocenters. The van der Waals surface area contributed by atoms with Crippen molar-refractivity contribution in [3.8, 4) is 0 Å². The van der Waals surface area contributed by atoms with Crippen LogP contribution in [-0.2, 0) is 0 Å². The summed E-state index contributed by atoms with van der Waals surface area (Å²) in [6, 6.07) is 4.06. The highest BCUT2D eigenvalue weighted by Crippen LogP contribution is 2.28. The summed E-state index contributed by atoms with van der Waals surface area (Å²) in [7, 11) is 0. The van der Waals surface area contributed by atoms with Gasteiger partial charge in [0.05, 0.1) is 12.3 Å². The minimum atomic E-state index is 0.190. The van der Waals surface area contributed by atoms with Crippen LogP contribution in [0.25, 0.3) is 0 Å². The lowest BCUT2D eigenvalue weighted by molar-refractivity contribution is 0.412. The van der Waals surface area contributed by atoms with Crippen LogP contribution in [0.4, 0.5) is 0 Å². The van der Waals surface area contributed by atoms with Crippen LogP contribution in [-0.4, -0.2) is 13.1 Å². The molecule has 1 fully saturated rings. The summed E-state index contributed by atoms with van der Waals surface area (Å²) in [6.07, 6.45) is 4.42. The van der Waals surface area contributed by atoms with E-state index < -0.39 is 0 Å². The molecular formula is C10H16N2O. The van der Waals surface area contributed by atoms with Crippen LogP contribution in [0, 0.1) is 5.92 Å². The average Bonchev–Trinajstić information content (AvgIpc) is 2.81. The molecule has 1 aliphatic rings. The first-order chi connectivity index (χ1) is 6.40. The van der Waals surface area contributed by atoms with Crippen LogP contribution in [0.1, 0.15) is 24.6 Å². The first-order valence-electron chi connectivity index (χ1n) is 4.87. The molecule has 0 aromatic carbocycles. The Morgan fingerprint density at radius 3 is 3.00 bits per heavy atom. The highest BCUT2D eigenvalue weighted by atomic mass is 16.3. The van der Waals surface area contributed by atoms with Crippen molar-refractivity contribution >= 4 is 0 Å². The molecule has 2 rings (SSSR count). The Morgan fingerprint density at radius 1 is 1.62 bits per heavy atom. The lowest BCUT2D eigenvalue weighted by atomic mass is 10.2. The average molecular weight is 180 g/mol. The molecule has 0 saturated heterocycles. The van der Waals surface area contributed by atoms with E-state index in [-0.39, 0.29) is 6.04 Å². The Bertz CT molecular complexity index is 241. The zero-order valence-electron chi connectivity index (χ0n) is 7.70.